The number of benzene rings is 1. The van der Waals surface area contributed by atoms with Crippen LogP contribution in [-0.2, 0) is 0 Å². The third kappa shape index (κ3) is 2.42. The Hall–Kier alpha value is -2.20. The van der Waals surface area contributed by atoms with Crippen molar-refractivity contribution in [2.75, 3.05) is 5.32 Å². The monoisotopic (exact) mass is 287 g/mol. The topological polar surface area (TPSA) is 43.0 Å². The summed E-state index contributed by atoms with van der Waals surface area (Å²) in [5.41, 5.74) is 1.81. The molecular formula is C15H14ClN3O. The number of anilines is 1. The van der Waals surface area contributed by atoms with Crippen LogP contribution in [0.25, 0.3) is 5.69 Å². The number of halogens is 1. The minimum Gasteiger partial charge on any atom is -0.467 e. The smallest absolute Gasteiger partial charge is 0.125 e. The Morgan fingerprint density at radius 3 is 2.90 bits per heavy atom. The Labute approximate surface area is 122 Å². The van der Waals surface area contributed by atoms with Gasteiger partial charge in [-0.2, -0.15) is 0 Å². The van der Waals surface area contributed by atoms with Crippen LogP contribution in [0.3, 0.4) is 0 Å². The molecule has 0 fully saturated rings. The number of hydrogen-bond acceptors (Lipinski definition) is 3. The van der Waals surface area contributed by atoms with Gasteiger partial charge in [0.25, 0.3) is 0 Å². The molecule has 1 aromatic carbocycles. The van der Waals surface area contributed by atoms with Gasteiger partial charge in [0.15, 0.2) is 0 Å². The van der Waals surface area contributed by atoms with Gasteiger partial charge >= 0.3 is 0 Å². The van der Waals surface area contributed by atoms with E-state index in [2.05, 4.69) is 10.3 Å². The Bertz CT molecular complexity index is 677. The molecule has 2 aromatic heterocycles. The Morgan fingerprint density at radius 2 is 2.20 bits per heavy atom. The molecule has 0 radical (unpaired) electrons. The zero-order valence-corrected chi connectivity index (χ0v) is 11.7. The number of para-hydroxylation sites is 1. The third-order valence-corrected chi connectivity index (χ3v) is 3.40. The van der Waals surface area contributed by atoms with Crippen molar-refractivity contribution in [1.82, 2.24) is 9.55 Å². The third-order valence-electron chi connectivity index (χ3n) is 3.09. The van der Waals surface area contributed by atoms with E-state index in [4.69, 9.17) is 16.0 Å². The maximum absolute atomic E-state index is 6.32. The van der Waals surface area contributed by atoms with Gasteiger partial charge in [0.1, 0.15) is 5.76 Å². The lowest BCUT2D eigenvalue weighted by Gasteiger charge is -2.17. The average Bonchev–Trinajstić information content (AvgIpc) is 3.12. The first-order chi connectivity index (χ1) is 9.75. The van der Waals surface area contributed by atoms with Gasteiger partial charge in [-0.15, -0.1) is 0 Å². The summed E-state index contributed by atoms with van der Waals surface area (Å²) >= 11 is 6.32. The summed E-state index contributed by atoms with van der Waals surface area (Å²) in [7, 11) is 0. The minimum atomic E-state index is 0.0470. The molecule has 102 valence electrons. The van der Waals surface area contributed by atoms with E-state index in [0.29, 0.717) is 5.02 Å². The maximum Gasteiger partial charge on any atom is 0.125 e. The van der Waals surface area contributed by atoms with Gasteiger partial charge in [-0.05, 0) is 31.2 Å². The highest BCUT2D eigenvalue weighted by Gasteiger charge is 2.13. The predicted octanol–water partition coefficient (Wildman–Crippen LogP) is 4.29. The summed E-state index contributed by atoms with van der Waals surface area (Å²) in [4.78, 5) is 4.07. The van der Waals surface area contributed by atoms with E-state index in [1.807, 2.05) is 48.0 Å². The largest absolute Gasteiger partial charge is 0.467 e. The summed E-state index contributed by atoms with van der Waals surface area (Å²) in [5.74, 6) is 0.876. The zero-order chi connectivity index (χ0) is 13.9. The molecule has 5 heteroatoms. The molecule has 0 spiro atoms. The minimum absolute atomic E-state index is 0.0470. The molecule has 0 saturated heterocycles. The van der Waals surface area contributed by atoms with Crippen molar-refractivity contribution < 1.29 is 4.42 Å². The van der Waals surface area contributed by atoms with Crippen LogP contribution in [0, 0.1) is 0 Å². The van der Waals surface area contributed by atoms with Crippen molar-refractivity contribution >= 4 is 17.3 Å². The lowest BCUT2D eigenvalue weighted by atomic mass is 10.2. The first-order valence-corrected chi connectivity index (χ1v) is 6.70. The van der Waals surface area contributed by atoms with Crippen LogP contribution in [0.2, 0.25) is 5.02 Å². The fourth-order valence-electron chi connectivity index (χ4n) is 2.13. The van der Waals surface area contributed by atoms with Crippen LogP contribution < -0.4 is 5.32 Å². The second kappa shape index (κ2) is 5.43. The highest BCUT2D eigenvalue weighted by Crippen LogP contribution is 2.31. The maximum atomic E-state index is 6.32. The van der Waals surface area contributed by atoms with Crippen molar-refractivity contribution in [1.29, 1.82) is 0 Å². The number of nitrogens with one attached hydrogen (secondary N) is 1. The van der Waals surface area contributed by atoms with E-state index in [0.717, 1.165) is 17.1 Å². The van der Waals surface area contributed by atoms with Crippen molar-refractivity contribution in [2.24, 2.45) is 0 Å². The van der Waals surface area contributed by atoms with E-state index in [1.165, 1.54) is 0 Å². The molecule has 3 rings (SSSR count). The number of furan rings is 1. The van der Waals surface area contributed by atoms with Gasteiger partial charge in [-0.3, -0.25) is 0 Å². The summed E-state index contributed by atoms with van der Waals surface area (Å²) in [6.45, 7) is 2.04. The van der Waals surface area contributed by atoms with Crippen LogP contribution in [0.5, 0.6) is 0 Å². The number of imidazole rings is 1. The lowest BCUT2D eigenvalue weighted by Crippen LogP contribution is -2.08. The molecule has 2 heterocycles. The standard InChI is InChI=1S/C15H14ClN3O/c1-11(14-6-3-9-20-14)18-13-5-2-4-12(16)15(13)19-8-7-17-10-19/h2-11,18H,1H3. The molecule has 0 amide bonds. The van der Waals surface area contributed by atoms with Crippen molar-refractivity contribution in [3.8, 4) is 5.69 Å². The van der Waals surface area contributed by atoms with Crippen molar-refractivity contribution in [2.45, 2.75) is 13.0 Å². The van der Waals surface area contributed by atoms with E-state index in [1.54, 1.807) is 18.8 Å². The second-order valence-corrected chi connectivity index (χ2v) is 4.89. The van der Waals surface area contributed by atoms with Crippen LogP contribution in [0.1, 0.15) is 18.7 Å². The van der Waals surface area contributed by atoms with E-state index in [9.17, 15) is 0 Å². The molecular weight excluding hydrogens is 274 g/mol. The molecule has 20 heavy (non-hydrogen) atoms. The lowest BCUT2D eigenvalue weighted by molar-refractivity contribution is 0.490. The summed E-state index contributed by atoms with van der Waals surface area (Å²) in [5, 5.41) is 4.08. The van der Waals surface area contributed by atoms with Gasteiger partial charge < -0.3 is 14.3 Å². The fraction of sp³-hybridized carbons (Fsp3) is 0.133. The number of rotatable bonds is 4. The molecule has 0 aliphatic carbocycles. The second-order valence-electron chi connectivity index (χ2n) is 4.49. The average molecular weight is 288 g/mol. The van der Waals surface area contributed by atoms with Gasteiger partial charge in [-0.25, -0.2) is 4.98 Å². The van der Waals surface area contributed by atoms with Gasteiger partial charge in [0.2, 0.25) is 0 Å². The van der Waals surface area contributed by atoms with Crippen LogP contribution in [0.4, 0.5) is 5.69 Å². The normalized spacial score (nSPS) is 12.3. The highest BCUT2D eigenvalue weighted by atomic mass is 35.5. The highest BCUT2D eigenvalue weighted by molar-refractivity contribution is 6.33. The summed E-state index contributed by atoms with van der Waals surface area (Å²) < 4.78 is 7.30. The van der Waals surface area contributed by atoms with Gasteiger partial charge in [0.05, 0.1) is 35.0 Å². The van der Waals surface area contributed by atoms with Crippen LogP contribution >= 0.6 is 11.6 Å². The van der Waals surface area contributed by atoms with Crippen LogP contribution in [0.15, 0.2) is 59.7 Å². The van der Waals surface area contributed by atoms with E-state index < -0.39 is 0 Å². The Balaban J connectivity index is 1.96. The molecule has 0 saturated carbocycles. The fourth-order valence-corrected chi connectivity index (χ4v) is 2.40. The number of aromatic nitrogens is 2. The quantitative estimate of drug-likeness (QED) is 0.778. The summed E-state index contributed by atoms with van der Waals surface area (Å²) in [6.07, 6.45) is 6.99. The van der Waals surface area contributed by atoms with E-state index >= 15 is 0 Å². The molecule has 1 unspecified atom stereocenters. The predicted molar refractivity (Wildman–Crippen MR) is 79.3 cm³/mol. The Morgan fingerprint density at radius 1 is 1.30 bits per heavy atom. The number of nitrogens with zero attached hydrogens (tertiary/aromatic N) is 2. The molecule has 0 aliphatic rings. The molecule has 1 N–H and O–H groups in total. The SMILES string of the molecule is CC(Nc1cccc(Cl)c1-n1ccnc1)c1ccco1. The first-order valence-electron chi connectivity index (χ1n) is 6.32. The van der Waals surface area contributed by atoms with E-state index in [-0.39, 0.29) is 6.04 Å². The van der Waals surface area contributed by atoms with Gasteiger partial charge in [-0.1, -0.05) is 17.7 Å². The molecule has 3 aromatic rings. The van der Waals surface area contributed by atoms with Gasteiger partial charge in [0, 0.05) is 12.4 Å². The molecule has 0 bridgehead atoms. The summed E-state index contributed by atoms with van der Waals surface area (Å²) in [6, 6.07) is 9.63. The number of hydrogen-bond donors (Lipinski definition) is 1. The van der Waals surface area contributed by atoms with Crippen LogP contribution in [-0.4, -0.2) is 9.55 Å². The molecule has 0 aliphatic heterocycles. The molecule has 1 atom stereocenters. The zero-order valence-electron chi connectivity index (χ0n) is 11.0. The molecule has 4 nitrogen and oxygen atoms in total. The first kappa shape index (κ1) is 12.8. The van der Waals surface area contributed by atoms with Crippen molar-refractivity contribution in [3.63, 3.8) is 0 Å². The van der Waals surface area contributed by atoms with Crippen molar-refractivity contribution in [3.05, 3.63) is 66.1 Å². The Kier molecular flexibility index (Phi) is 3.48.